The Morgan fingerprint density at radius 1 is 1.33 bits per heavy atom. The molecule has 1 saturated heterocycles. The van der Waals surface area contributed by atoms with Gasteiger partial charge in [-0.15, -0.1) is 0 Å². The van der Waals surface area contributed by atoms with Crippen molar-refractivity contribution < 1.29 is 19.0 Å². The second-order valence-electron chi connectivity index (χ2n) is 6.68. The zero-order valence-corrected chi connectivity index (χ0v) is 13.8. The van der Waals surface area contributed by atoms with Gasteiger partial charge in [0.05, 0.1) is 25.9 Å². The fraction of sp³-hybridized carbons (Fsp3) is 0.611. The smallest absolute Gasteiger partial charge is 0.234 e. The molecule has 24 heavy (non-hydrogen) atoms. The van der Waals surface area contributed by atoms with E-state index >= 15 is 0 Å². The molecule has 132 valence electrons. The van der Waals surface area contributed by atoms with Gasteiger partial charge in [0.25, 0.3) is 0 Å². The van der Waals surface area contributed by atoms with Gasteiger partial charge in [0.1, 0.15) is 5.82 Å². The lowest BCUT2D eigenvalue weighted by Crippen LogP contribution is -2.53. The SMILES string of the molecule is O=C(CN1CCOC[C@@H]1[C@@H]1CCC[C@@H]1O)NCc1ccc(F)cc1. The number of carbonyl (C=O) groups excluding carboxylic acids is 1. The molecule has 1 amide bonds. The monoisotopic (exact) mass is 336 g/mol. The molecule has 0 unspecified atom stereocenters. The van der Waals surface area contributed by atoms with Crippen molar-refractivity contribution in [2.24, 2.45) is 5.92 Å². The van der Waals surface area contributed by atoms with Gasteiger partial charge in [-0.2, -0.15) is 0 Å². The summed E-state index contributed by atoms with van der Waals surface area (Å²) >= 11 is 0. The minimum absolute atomic E-state index is 0.0567. The molecule has 2 fully saturated rings. The van der Waals surface area contributed by atoms with E-state index in [9.17, 15) is 14.3 Å². The summed E-state index contributed by atoms with van der Waals surface area (Å²) in [4.78, 5) is 14.4. The molecular weight excluding hydrogens is 311 g/mol. The Bertz CT molecular complexity index is 552. The minimum Gasteiger partial charge on any atom is -0.393 e. The van der Waals surface area contributed by atoms with Crippen LogP contribution in [0.3, 0.4) is 0 Å². The maximum Gasteiger partial charge on any atom is 0.234 e. The Balaban J connectivity index is 1.52. The molecule has 0 aromatic heterocycles. The van der Waals surface area contributed by atoms with Crippen LogP contribution in [0.1, 0.15) is 24.8 Å². The number of nitrogens with zero attached hydrogens (tertiary/aromatic N) is 1. The summed E-state index contributed by atoms with van der Waals surface area (Å²) in [6, 6.07) is 6.22. The number of nitrogens with one attached hydrogen (secondary N) is 1. The Kier molecular flexibility index (Phi) is 5.81. The molecule has 0 bridgehead atoms. The van der Waals surface area contributed by atoms with Crippen LogP contribution in [-0.4, -0.2) is 54.4 Å². The first-order valence-electron chi connectivity index (χ1n) is 8.64. The molecule has 1 aromatic carbocycles. The first-order chi connectivity index (χ1) is 11.6. The van der Waals surface area contributed by atoms with E-state index in [1.807, 2.05) is 0 Å². The summed E-state index contributed by atoms with van der Waals surface area (Å²) < 4.78 is 18.5. The largest absolute Gasteiger partial charge is 0.393 e. The van der Waals surface area contributed by atoms with Crippen molar-refractivity contribution in [2.45, 2.75) is 38.0 Å². The van der Waals surface area contributed by atoms with Gasteiger partial charge in [-0.1, -0.05) is 18.6 Å². The molecule has 1 aromatic rings. The number of halogens is 1. The van der Waals surface area contributed by atoms with Crippen molar-refractivity contribution >= 4 is 5.91 Å². The molecule has 0 radical (unpaired) electrons. The number of hydrogen-bond acceptors (Lipinski definition) is 4. The van der Waals surface area contributed by atoms with E-state index in [0.717, 1.165) is 24.8 Å². The molecule has 1 saturated carbocycles. The van der Waals surface area contributed by atoms with Crippen molar-refractivity contribution in [3.05, 3.63) is 35.6 Å². The van der Waals surface area contributed by atoms with Crippen LogP contribution < -0.4 is 5.32 Å². The van der Waals surface area contributed by atoms with Crippen LogP contribution in [-0.2, 0) is 16.1 Å². The summed E-state index contributed by atoms with van der Waals surface area (Å²) in [5.41, 5.74) is 0.870. The predicted octanol–water partition coefficient (Wildman–Crippen LogP) is 1.30. The topological polar surface area (TPSA) is 61.8 Å². The highest BCUT2D eigenvalue weighted by Crippen LogP contribution is 2.32. The number of rotatable bonds is 5. The highest BCUT2D eigenvalue weighted by atomic mass is 19.1. The quantitative estimate of drug-likeness (QED) is 0.851. The molecule has 1 aliphatic carbocycles. The van der Waals surface area contributed by atoms with E-state index in [1.54, 1.807) is 12.1 Å². The molecular formula is C18H25FN2O3. The van der Waals surface area contributed by atoms with Gasteiger partial charge in [-0.3, -0.25) is 9.69 Å². The van der Waals surface area contributed by atoms with Crippen LogP contribution in [0.25, 0.3) is 0 Å². The van der Waals surface area contributed by atoms with Crippen molar-refractivity contribution in [2.75, 3.05) is 26.3 Å². The number of amides is 1. The average molecular weight is 336 g/mol. The third kappa shape index (κ3) is 4.32. The summed E-state index contributed by atoms with van der Waals surface area (Å²) in [7, 11) is 0. The lowest BCUT2D eigenvalue weighted by atomic mass is 9.94. The molecule has 0 spiro atoms. The summed E-state index contributed by atoms with van der Waals surface area (Å²) in [6.07, 6.45) is 2.57. The van der Waals surface area contributed by atoms with E-state index in [2.05, 4.69) is 10.2 Å². The zero-order valence-electron chi connectivity index (χ0n) is 13.8. The summed E-state index contributed by atoms with van der Waals surface area (Å²) in [6.45, 7) is 2.59. The third-order valence-corrected chi connectivity index (χ3v) is 5.06. The number of ether oxygens (including phenoxy) is 1. The predicted molar refractivity (Wildman–Crippen MR) is 87.8 cm³/mol. The normalized spacial score (nSPS) is 28.0. The lowest BCUT2D eigenvalue weighted by Gasteiger charge is -2.39. The van der Waals surface area contributed by atoms with Crippen LogP contribution in [0.4, 0.5) is 4.39 Å². The number of benzene rings is 1. The van der Waals surface area contributed by atoms with Gasteiger partial charge in [0, 0.05) is 25.0 Å². The van der Waals surface area contributed by atoms with E-state index in [0.29, 0.717) is 32.8 Å². The average Bonchev–Trinajstić information content (AvgIpc) is 3.01. The van der Waals surface area contributed by atoms with Gasteiger partial charge >= 0.3 is 0 Å². The molecule has 6 heteroatoms. The summed E-state index contributed by atoms with van der Waals surface area (Å²) in [5.74, 6) is -0.148. The first-order valence-corrected chi connectivity index (χ1v) is 8.64. The number of carbonyl (C=O) groups is 1. The summed E-state index contributed by atoms with van der Waals surface area (Å²) in [5, 5.41) is 13.0. The van der Waals surface area contributed by atoms with Gasteiger partial charge in [0.2, 0.25) is 5.91 Å². The zero-order chi connectivity index (χ0) is 16.9. The van der Waals surface area contributed by atoms with E-state index in [4.69, 9.17) is 4.74 Å². The lowest BCUT2D eigenvalue weighted by molar-refractivity contribution is -0.126. The van der Waals surface area contributed by atoms with Gasteiger partial charge < -0.3 is 15.2 Å². The standard InChI is InChI=1S/C18H25FN2O3/c19-14-6-4-13(5-7-14)10-20-18(23)11-21-8-9-24-12-16(21)15-2-1-3-17(15)22/h4-7,15-17,22H,1-3,8-12H2,(H,20,23)/t15-,16+,17-/m0/s1. The molecule has 3 atom stereocenters. The van der Waals surface area contributed by atoms with Crippen LogP contribution in [0.15, 0.2) is 24.3 Å². The molecule has 2 N–H and O–H groups in total. The van der Waals surface area contributed by atoms with Crippen LogP contribution >= 0.6 is 0 Å². The van der Waals surface area contributed by atoms with E-state index in [1.165, 1.54) is 12.1 Å². The van der Waals surface area contributed by atoms with Crippen molar-refractivity contribution in [3.8, 4) is 0 Å². The molecule has 3 rings (SSSR count). The number of aliphatic hydroxyl groups excluding tert-OH is 1. The van der Waals surface area contributed by atoms with E-state index < -0.39 is 0 Å². The number of hydrogen-bond donors (Lipinski definition) is 2. The van der Waals surface area contributed by atoms with Crippen molar-refractivity contribution in [1.29, 1.82) is 0 Å². The fourth-order valence-electron chi connectivity index (χ4n) is 3.71. The highest BCUT2D eigenvalue weighted by Gasteiger charge is 2.38. The van der Waals surface area contributed by atoms with Gasteiger partial charge in [-0.05, 0) is 30.5 Å². The first kappa shape index (κ1) is 17.3. The Hall–Kier alpha value is -1.50. The van der Waals surface area contributed by atoms with Gasteiger partial charge in [-0.25, -0.2) is 4.39 Å². The maximum absolute atomic E-state index is 12.9. The van der Waals surface area contributed by atoms with Crippen LogP contribution in [0.5, 0.6) is 0 Å². The minimum atomic E-state index is -0.290. The molecule has 1 aliphatic heterocycles. The fourth-order valence-corrected chi connectivity index (χ4v) is 3.71. The Morgan fingerprint density at radius 3 is 2.83 bits per heavy atom. The number of aliphatic hydroxyl groups is 1. The highest BCUT2D eigenvalue weighted by molar-refractivity contribution is 5.78. The van der Waals surface area contributed by atoms with Crippen molar-refractivity contribution in [1.82, 2.24) is 10.2 Å². The molecule has 2 aliphatic rings. The Labute approximate surface area is 141 Å². The van der Waals surface area contributed by atoms with Crippen LogP contribution in [0, 0.1) is 11.7 Å². The number of morpholine rings is 1. The van der Waals surface area contributed by atoms with Crippen LogP contribution in [0.2, 0.25) is 0 Å². The van der Waals surface area contributed by atoms with E-state index in [-0.39, 0.29) is 29.8 Å². The second kappa shape index (κ2) is 8.05. The van der Waals surface area contributed by atoms with Crippen molar-refractivity contribution in [3.63, 3.8) is 0 Å². The Morgan fingerprint density at radius 2 is 2.12 bits per heavy atom. The molecule has 1 heterocycles. The second-order valence-corrected chi connectivity index (χ2v) is 6.68. The maximum atomic E-state index is 12.9. The third-order valence-electron chi connectivity index (χ3n) is 5.06. The molecule has 5 nitrogen and oxygen atoms in total. The van der Waals surface area contributed by atoms with Gasteiger partial charge in [0.15, 0.2) is 0 Å².